The first-order valence-electron chi connectivity index (χ1n) is 7.50. The fraction of sp³-hybridized carbons (Fsp3) is 0.211. The third-order valence-electron chi connectivity index (χ3n) is 4.50. The van der Waals surface area contributed by atoms with E-state index in [0.29, 0.717) is 5.92 Å². The van der Waals surface area contributed by atoms with Crippen molar-refractivity contribution < 1.29 is 4.79 Å². The number of rotatable bonds is 1. The first-order valence-corrected chi connectivity index (χ1v) is 7.50. The molecule has 2 aromatic carbocycles. The van der Waals surface area contributed by atoms with E-state index in [0.717, 1.165) is 36.1 Å². The Kier molecular flexibility index (Phi) is 2.88. The number of carbonyl (C=O) groups excluding carboxylic acids is 1. The highest BCUT2D eigenvalue weighted by atomic mass is 16.2. The molecule has 1 unspecified atom stereocenters. The Bertz CT molecular complexity index is 745. The molecule has 1 heterocycles. The molecule has 0 fully saturated rings. The van der Waals surface area contributed by atoms with Crippen LogP contribution in [0.5, 0.6) is 0 Å². The highest BCUT2D eigenvalue weighted by Gasteiger charge is 2.25. The summed E-state index contributed by atoms with van der Waals surface area (Å²) in [7, 11) is 0. The molecule has 0 saturated heterocycles. The molecule has 1 aliphatic carbocycles. The number of amides is 1. The van der Waals surface area contributed by atoms with E-state index >= 15 is 0 Å². The average Bonchev–Trinajstić information content (AvgIpc) is 2.83. The largest absolute Gasteiger partial charge is 0.321 e. The van der Waals surface area contributed by atoms with Gasteiger partial charge in [0.2, 0.25) is 0 Å². The van der Waals surface area contributed by atoms with E-state index < -0.39 is 0 Å². The van der Waals surface area contributed by atoms with E-state index in [-0.39, 0.29) is 5.91 Å². The zero-order valence-corrected chi connectivity index (χ0v) is 11.8. The lowest BCUT2D eigenvalue weighted by Crippen LogP contribution is -2.14. The SMILES string of the molecule is O=C1Nc2ccccc2C1=CC1CCc2ccccc2C1. The van der Waals surface area contributed by atoms with Crippen LogP contribution in [0.1, 0.15) is 23.1 Å². The number of aryl methyl sites for hydroxylation is 1. The second-order valence-electron chi connectivity index (χ2n) is 5.85. The summed E-state index contributed by atoms with van der Waals surface area (Å²) in [5, 5.41) is 2.95. The fourth-order valence-corrected chi connectivity index (χ4v) is 3.41. The van der Waals surface area contributed by atoms with E-state index in [1.165, 1.54) is 11.1 Å². The van der Waals surface area contributed by atoms with Crippen molar-refractivity contribution in [3.05, 3.63) is 71.3 Å². The van der Waals surface area contributed by atoms with Gasteiger partial charge < -0.3 is 5.32 Å². The molecule has 0 saturated carbocycles. The number of anilines is 1. The van der Waals surface area contributed by atoms with Crippen LogP contribution < -0.4 is 5.32 Å². The van der Waals surface area contributed by atoms with Crippen LogP contribution in [0, 0.1) is 5.92 Å². The lowest BCUT2D eigenvalue weighted by Gasteiger charge is -2.22. The summed E-state index contributed by atoms with van der Waals surface area (Å²) < 4.78 is 0. The van der Waals surface area contributed by atoms with Crippen LogP contribution in [0.15, 0.2) is 54.6 Å². The minimum absolute atomic E-state index is 0.0371. The maximum atomic E-state index is 12.2. The minimum atomic E-state index is 0.0371. The Morgan fingerprint density at radius 1 is 1.00 bits per heavy atom. The van der Waals surface area contributed by atoms with Crippen molar-refractivity contribution in [3.63, 3.8) is 0 Å². The van der Waals surface area contributed by atoms with Gasteiger partial charge in [0, 0.05) is 16.8 Å². The van der Waals surface area contributed by atoms with Gasteiger partial charge in [-0.15, -0.1) is 0 Å². The maximum absolute atomic E-state index is 12.2. The quantitative estimate of drug-likeness (QED) is 0.787. The molecule has 104 valence electrons. The number of fused-ring (bicyclic) bond motifs is 2. The highest BCUT2D eigenvalue weighted by molar-refractivity contribution is 6.31. The normalized spacial score (nSPS) is 21.8. The molecule has 0 aromatic heterocycles. The lowest BCUT2D eigenvalue weighted by molar-refractivity contribution is -0.110. The number of hydrogen-bond donors (Lipinski definition) is 1. The summed E-state index contributed by atoms with van der Waals surface area (Å²) in [5.41, 5.74) is 5.71. The third kappa shape index (κ3) is 2.17. The topological polar surface area (TPSA) is 29.1 Å². The van der Waals surface area contributed by atoms with Gasteiger partial charge in [0.1, 0.15) is 0 Å². The molecule has 2 aliphatic rings. The van der Waals surface area contributed by atoms with E-state index in [9.17, 15) is 4.79 Å². The highest BCUT2D eigenvalue weighted by Crippen LogP contribution is 2.34. The van der Waals surface area contributed by atoms with Crippen molar-refractivity contribution >= 4 is 17.2 Å². The van der Waals surface area contributed by atoms with Gasteiger partial charge in [-0.3, -0.25) is 4.79 Å². The van der Waals surface area contributed by atoms with Crippen LogP contribution in [-0.4, -0.2) is 5.91 Å². The van der Waals surface area contributed by atoms with Crippen LogP contribution in [-0.2, 0) is 17.6 Å². The third-order valence-corrected chi connectivity index (χ3v) is 4.50. The van der Waals surface area contributed by atoms with E-state index in [1.54, 1.807) is 0 Å². The molecular formula is C19H17NO. The summed E-state index contributed by atoms with van der Waals surface area (Å²) in [6.07, 6.45) is 5.44. The molecule has 1 N–H and O–H groups in total. The Labute approximate surface area is 124 Å². The maximum Gasteiger partial charge on any atom is 0.256 e. The van der Waals surface area contributed by atoms with Crippen molar-refractivity contribution in [2.45, 2.75) is 19.3 Å². The number of benzene rings is 2. The van der Waals surface area contributed by atoms with Gasteiger partial charge >= 0.3 is 0 Å². The van der Waals surface area contributed by atoms with Gasteiger partial charge in [0.05, 0.1) is 0 Å². The van der Waals surface area contributed by atoms with E-state index in [2.05, 4.69) is 35.7 Å². The number of carbonyl (C=O) groups is 1. The predicted octanol–water partition coefficient (Wildman–Crippen LogP) is 3.83. The van der Waals surface area contributed by atoms with Crippen molar-refractivity contribution in [1.82, 2.24) is 0 Å². The van der Waals surface area contributed by atoms with Crippen LogP contribution in [0.2, 0.25) is 0 Å². The molecule has 2 heteroatoms. The number of nitrogens with one attached hydrogen (secondary N) is 1. The van der Waals surface area contributed by atoms with Crippen LogP contribution in [0.25, 0.3) is 5.57 Å². The molecule has 2 nitrogen and oxygen atoms in total. The fourth-order valence-electron chi connectivity index (χ4n) is 3.41. The van der Waals surface area contributed by atoms with Gasteiger partial charge in [-0.1, -0.05) is 48.5 Å². The molecule has 0 bridgehead atoms. The number of para-hydroxylation sites is 1. The minimum Gasteiger partial charge on any atom is -0.321 e. The summed E-state index contributed by atoms with van der Waals surface area (Å²) >= 11 is 0. The number of allylic oxidation sites excluding steroid dienone is 1. The first kappa shape index (κ1) is 12.4. The molecule has 1 aliphatic heterocycles. The van der Waals surface area contributed by atoms with E-state index in [1.807, 2.05) is 24.3 Å². The van der Waals surface area contributed by atoms with Crippen LogP contribution in [0.3, 0.4) is 0 Å². The average molecular weight is 275 g/mol. The van der Waals surface area contributed by atoms with Crippen molar-refractivity contribution in [2.24, 2.45) is 5.92 Å². The first-order chi connectivity index (χ1) is 10.3. The monoisotopic (exact) mass is 275 g/mol. The van der Waals surface area contributed by atoms with Crippen LogP contribution in [0.4, 0.5) is 5.69 Å². The standard InChI is InChI=1S/C19H17NO/c21-19-17(16-7-3-4-8-18(16)20-19)12-13-9-10-14-5-1-2-6-15(14)11-13/h1-8,12-13H,9-11H2,(H,20,21). The van der Waals surface area contributed by atoms with Gasteiger partial charge in [-0.05, 0) is 42.4 Å². The molecule has 4 rings (SSSR count). The van der Waals surface area contributed by atoms with Gasteiger partial charge in [-0.2, -0.15) is 0 Å². The lowest BCUT2D eigenvalue weighted by atomic mass is 9.82. The Morgan fingerprint density at radius 2 is 1.76 bits per heavy atom. The van der Waals surface area contributed by atoms with Crippen molar-refractivity contribution in [3.8, 4) is 0 Å². The summed E-state index contributed by atoms with van der Waals surface area (Å²) in [5.74, 6) is 0.488. The zero-order chi connectivity index (χ0) is 14.2. The Hall–Kier alpha value is -2.35. The van der Waals surface area contributed by atoms with Crippen molar-refractivity contribution in [1.29, 1.82) is 0 Å². The molecule has 0 radical (unpaired) electrons. The molecule has 2 aromatic rings. The number of hydrogen-bond acceptors (Lipinski definition) is 1. The van der Waals surface area contributed by atoms with Crippen molar-refractivity contribution in [2.75, 3.05) is 5.32 Å². The van der Waals surface area contributed by atoms with Crippen LogP contribution >= 0.6 is 0 Å². The van der Waals surface area contributed by atoms with Gasteiger partial charge in [0.25, 0.3) is 5.91 Å². The predicted molar refractivity (Wildman–Crippen MR) is 85.0 cm³/mol. The summed E-state index contributed by atoms with van der Waals surface area (Å²) in [6, 6.07) is 16.6. The molecule has 1 atom stereocenters. The summed E-state index contributed by atoms with van der Waals surface area (Å²) in [4.78, 5) is 12.2. The molecular weight excluding hydrogens is 258 g/mol. The second kappa shape index (κ2) is 4.88. The molecule has 1 amide bonds. The Balaban J connectivity index is 1.66. The summed E-state index contributed by atoms with van der Waals surface area (Å²) in [6.45, 7) is 0. The zero-order valence-electron chi connectivity index (χ0n) is 11.8. The Morgan fingerprint density at radius 3 is 2.67 bits per heavy atom. The second-order valence-corrected chi connectivity index (χ2v) is 5.85. The van der Waals surface area contributed by atoms with Gasteiger partial charge in [0.15, 0.2) is 0 Å². The molecule has 21 heavy (non-hydrogen) atoms. The molecule has 0 spiro atoms. The smallest absolute Gasteiger partial charge is 0.256 e. The van der Waals surface area contributed by atoms with Gasteiger partial charge in [-0.25, -0.2) is 0 Å². The van der Waals surface area contributed by atoms with E-state index in [4.69, 9.17) is 0 Å².